The number of hydrogen-bond donors (Lipinski definition) is 1. The normalized spacial score (nSPS) is 10.8. The first-order valence-corrected chi connectivity index (χ1v) is 10.0. The number of methoxy groups -OCH3 is 2. The molecule has 3 aromatic heterocycles. The Morgan fingerprint density at radius 1 is 1.10 bits per heavy atom. The van der Waals surface area contributed by atoms with Gasteiger partial charge in [-0.25, -0.2) is 0 Å². The molecule has 0 atom stereocenters. The minimum Gasteiger partial charge on any atom is -0.493 e. The topological polar surface area (TPSA) is 126 Å². The van der Waals surface area contributed by atoms with Crippen LogP contribution in [0.3, 0.4) is 0 Å². The number of amides is 1. The predicted molar refractivity (Wildman–Crippen MR) is 112 cm³/mol. The Balaban J connectivity index is 1.46. The molecular formula is C19H19N7O4S. The van der Waals surface area contributed by atoms with E-state index in [4.69, 9.17) is 14.2 Å². The Morgan fingerprint density at radius 2 is 1.94 bits per heavy atom. The highest BCUT2D eigenvalue weighted by molar-refractivity contribution is 7.08. The fourth-order valence-electron chi connectivity index (χ4n) is 2.84. The molecule has 0 fully saturated rings. The minimum absolute atomic E-state index is 0.228. The summed E-state index contributed by atoms with van der Waals surface area (Å²) in [6.07, 6.45) is 0. The number of hydrogen-bond acceptors (Lipinski definition) is 10. The van der Waals surface area contributed by atoms with Crippen LogP contribution >= 0.6 is 11.5 Å². The fourth-order valence-corrected chi connectivity index (χ4v) is 3.42. The van der Waals surface area contributed by atoms with E-state index in [-0.39, 0.29) is 12.5 Å². The van der Waals surface area contributed by atoms with Gasteiger partial charge in [-0.2, -0.15) is 4.52 Å². The summed E-state index contributed by atoms with van der Waals surface area (Å²) in [7, 11) is 3.15. The van der Waals surface area contributed by atoms with Crippen molar-refractivity contribution in [1.82, 2.24) is 34.7 Å². The van der Waals surface area contributed by atoms with Crippen LogP contribution in [0.15, 0.2) is 30.3 Å². The monoisotopic (exact) mass is 441 g/mol. The Bertz CT molecular complexity index is 1220. The van der Waals surface area contributed by atoms with Gasteiger partial charge in [0.1, 0.15) is 11.5 Å². The van der Waals surface area contributed by atoms with Crippen molar-refractivity contribution in [3.63, 3.8) is 0 Å². The summed E-state index contributed by atoms with van der Waals surface area (Å²) < 4.78 is 21.7. The van der Waals surface area contributed by atoms with Crippen molar-refractivity contribution in [2.75, 3.05) is 27.4 Å². The molecule has 0 unspecified atom stereocenters. The lowest BCUT2D eigenvalue weighted by Crippen LogP contribution is -2.28. The third-order valence-corrected chi connectivity index (χ3v) is 5.20. The molecular weight excluding hydrogens is 422 g/mol. The highest BCUT2D eigenvalue weighted by atomic mass is 32.1. The summed E-state index contributed by atoms with van der Waals surface area (Å²) in [4.78, 5) is 12.6. The molecule has 160 valence electrons. The van der Waals surface area contributed by atoms with E-state index in [0.29, 0.717) is 46.0 Å². The summed E-state index contributed by atoms with van der Waals surface area (Å²) in [5.41, 5.74) is 1.93. The number of fused-ring (bicyclic) bond motifs is 1. The van der Waals surface area contributed by atoms with Crippen molar-refractivity contribution in [3.05, 3.63) is 40.9 Å². The number of carbonyl (C=O) groups excluding carboxylic acids is 1. The van der Waals surface area contributed by atoms with Crippen molar-refractivity contribution in [2.24, 2.45) is 0 Å². The van der Waals surface area contributed by atoms with Crippen LogP contribution < -0.4 is 19.5 Å². The molecule has 0 aliphatic carbocycles. The first-order valence-electron chi connectivity index (χ1n) is 9.25. The standard InChI is InChI=1S/C19H19N7O4S/c1-11-17(31-25-21-11)19(27)20-8-9-30-16-7-6-15-22-23-18(26(15)24-16)12-4-5-13(28-2)14(10-12)29-3/h4-7,10H,8-9H2,1-3H3,(H,20,27). The summed E-state index contributed by atoms with van der Waals surface area (Å²) in [6.45, 7) is 2.28. The largest absolute Gasteiger partial charge is 0.493 e. The van der Waals surface area contributed by atoms with E-state index in [1.807, 2.05) is 6.07 Å². The van der Waals surface area contributed by atoms with E-state index in [2.05, 4.69) is 30.2 Å². The van der Waals surface area contributed by atoms with E-state index in [1.165, 1.54) is 0 Å². The SMILES string of the molecule is COc1ccc(-c2nnc3ccc(OCCNC(=O)c4snnc4C)nn23)cc1OC. The molecule has 0 radical (unpaired) electrons. The fraction of sp³-hybridized carbons (Fsp3) is 0.263. The van der Waals surface area contributed by atoms with Crippen molar-refractivity contribution in [1.29, 1.82) is 0 Å². The molecule has 4 aromatic rings. The average Bonchev–Trinajstić information content (AvgIpc) is 3.41. The van der Waals surface area contributed by atoms with E-state index in [0.717, 1.165) is 17.1 Å². The van der Waals surface area contributed by atoms with Gasteiger partial charge in [-0.05, 0) is 42.7 Å². The van der Waals surface area contributed by atoms with Crippen LogP contribution in [0.1, 0.15) is 15.4 Å². The second-order valence-corrected chi connectivity index (χ2v) is 7.08. The zero-order valence-electron chi connectivity index (χ0n) is 17.0. The van der Waals surface area contributed by atoms with Gasteiger partial charge >= 0.3 is 0 Å². The van der Waals surface area contributed by atoms with Crippen LogP contribution in [0.25, 0.3) is 17.0 Å². The van der Waals surface area contributed by atoms with E-state index >= 15 is 0 Å². The summed E-state index contributed by atoms with van der Waals surface area (Å²) >= 11 is 1.06. The number of ether oxygens (including phenoxy) is 3. The summed E-state index contributed by atoms with van der Waals surface area (Å²) in [5, 5.41) is 19.4. The Kier molecular flexibility index (Phi) is 5.89. The number of carbonyl (C=O) groups is 1. The molecule has 4 rings (SSSR count). The van der Waals surface area contributed by atoms with Crippen LogP contribution in [0.2, 0.25) is 0 Å². The van der Waals surface area contributed by atoms with Crippen LogP contribution in [0, 0.1) is 6.92 Å². The lowest BCUT2D eigenvalue weighted by molar-refractivity contribution is 0.0949. The van der Waals surface area contributed by atoms with Gasteiger partial charge in [0.25, 0.3) is 5.91 Å². The van der Waals surface area contributed by atoms with Crippen molar-refractivity contribution >= 4 is 23.1 Å². The number of rotatable bonds is 8. The Morgan fingerprint density at radius 3 is 2.68 bits per heavy atom. The minimum atomic E-state index is -0.228. The Hall–Kier alpha value is -3.80. The molecule has 0 aliphatic heterocycles. The summed E-state index contributed by atoms with van der Waals surface area (Å²) in [6, 6.07) is 8.89. The molecule has 0 spiro atoms. The summed E-state index contributed by atoms with van der Waals surface area (Å²) in [5.74, 6) is 1.87. The van der Waals surface area contributed by atoms with E-state index in [9.17, 15) is 4.79 Å². The first kappa shape index (κ1) is 20.5. The number of aromatic nitrogens is 6. The maximum Gasteiger partial charge on any atom is 0.265 e. The Labute approximate surface area is 181 Å². The van der Waals surface area contributed by atoms with Gasteiger partial charge in [-0.3, -0.25) is 4.79 Å². The molecule has 0 aliphatic rings. The van der Waals surface area contributed by atoms with Crippen LogP contribution in [0.5, 0.6) is 17.4 Å². The highest BCUT2D eigenvalue weighted by Gasteiger charge is 2.14. The third-order valence-electron chi connectivity index (χ3n) is 4.38. The third kappa shape index (κ3) is 4.23. The molecule has 0 saturated carbocycles. The molecule has 0 bridgehead atoms. The quantitative estimate of drug-likeness (QED) is 0.407. The van der Waals surface area contributed by atoms with Gasteiger partial charge in [-0.15, -0.1) is 20.4 Å². The van der Waals surface area contributed by atoms with Crippen molar-refractivity contribution in [2.45, 2.75) is 6.92 Å². The molecule has 12 heteroatoms. The molecule has 1 aromatic carbocycles. The second kappa shape index (κ2) is 8.92. The first-order chi connectivity index (χ1) is 15.1. The lowest BCUT2D eigenvalue weighted by Gasteiger charge is -2.09. The number of aryl methyl sites for hydroxylation is 1. The van der Waals surface area contributed by atoms with E-state index in [1.54, 1.807) is 49.9 Å². The van der Waals surface area contributed by atoms with Gasteiger partial charge in [0.2, 0.25) is 5.88 Å². The smallest absolute Gasteiger partial charge is 0.265 e. The van der Waals surface area contributed by atoms with Crippen molar-refractivity contribution < 1.29 is 19.0 Å². The van der Waals surface area contributed by atoms with Crippen LogP contribution in [0.4, 0.5) is 0 Å². The number of benzene rings is 1. The maximum absolute atomic E-state index is 12.1. The maximum atomic E-state index is 12.1. The molecule has 1 amide bonds. The van der Waals surface area contributed by atoms with E-state index < -0.39 is 0 Å². The molecule has 0 saturated heterocycles. The predicted octanol–water partition coefficient (Wildman–Crippen LogP) is 1.78. The van der Waals surface area contributed by atoms with Crippen LogP contribution in [-0.2, 0) is 0 Å². The zero-order chi connectivity index (χ0) is 21.8. The molecule has 31 heavy (non-hydrogen) atoms. The van der Waals surface area contributed by atoms with Gasteiger partial charge < -0.3 is 19.5 Å². The van der Waals surface area contributed by atoms with Gasteiger partial charge in [-0.1, -0.05) is 4.49 Å². The lowest BCUT2D eigenvalue weighted by atomic mass is 10.2. The van der Waals surface area contributed by atoms with Gasteiger partial charge in [0, 0.05) is 11.6 Å². The molecule has 11 nitrogen and oxygen atoms in total. The number of nitrogens with zero attached hydrogens (tertiary/aromatic N) is 6. The molecule has 1 N–H and O–H groups in total. The highest BCUT2D eigenvalue weighted by Crippen LogP contribution is 2.31. The zero-order valence-corrected chi connectivity index (χ0v) is 17.8. The van der Waals surface area contributed by atoms with Gasteiger partial charge in [0.15, 0.2) is 23.0 Å². The number of nitrogens with one attached hydrogen (secondary N) is 1. The van der Waals surface area contributed by atoms with Crippen LogP contribution in [-0.4, -0.2) is 62.7 Å². The second-order valence-electron chi connectivity index (χ2n) is 6.33. The van der Waals surface area contributed by atoms with Crippen molar-refractivity contribution in [3.8, 4) is 28.8 Å². The molecule has 3 heterocycles. The van der Waals surface area contributed by atoms with Gasteiger partial charge in [0.05, 0.1) is 26.5 Å². The average molecular weight is 441 g/mol.